The number of aromatic amines is 1. The lowest BCUT2D eigenvalue weighted by molar-refractivity contribution is 0.399. The maximum Gasteiger partial charge on any atom is 0.215 e. The number of rotatable bonds is 3. The normalized spacial score (nSPS) is 17.6. The zero-order chi connectivity index (χ0) is 11.1. The molecular formula is C12H15N3O. The summed E-state index contributed by atoms with van der Waals surface area (Å²) < 4.78 is 5.09. The van der Waals surface area contributed by atoms with E-state index in [0.717, 1.165) is 22.9 Å². The number of hydrogen-bond donors (Lipinski definition) is 1. The molecule has 1 atom stereocenters. The van der Waals surface area contributed by atoms with Crippen LogP contribution in [0.25, 0.3) is 11.2 Å². The standard InChI is InChI=1S/C12H15N3O/c1-7(8-3-4-8)11-13-9-5-6-10(16-2)14-12(9)15-11/h5-8H,3-4H2,1-2H3,(H,13,14,15). The van der Waals surface area contributed by atoms with Gasteiger partial charge in [-0.25, -0.2) is 4.98 Å². The van der Waals surface area contributed by atoms with Gasteiger partial charge in [-0.2, -0.15) is 4.98 Å². The Morgan fingerprint density at radius 2 is 2.19 bits per heavy atom. The van der Waals surface area contributed by atoms with E-state index in [9.17, 15) is 0 Å². The van der Waals surface area contributed by atoms with Gasteiger partial charge in [0.25, 0.3) is 0 Å². The van der Waals surface area contributed by atoms with Crippen molar-refractivity contribution in [2.45, 2.75) is 25.7 Å². The summed E-state index contributed by atoms with van der Waals surface area (Å²) in [7, 11) is 1.62. The number of ether oxygens (including phenoxy) is 1. The van der Waals surface area contributed by atoms with Crippen LogP contribution in [0.1, 0.15) is 31.5 Å². The highest BCUT2D eigenvalue weighted by molar-refractivity contribution is 5.71. The molecule has 4 nitrogen and oxygen atoms in total. The molecule has 1 aliphatic rings. The fraction of sp³-hybridized carbons (Fsp3) is 0.500. The molecule has 0 amide bonds. The molecule has 16 heavy (non-hydrogen) atoms. The second kappa shape index (κ2) is 3.47. The highest BCUT2D eigenvalue weighted by atomic mass is 16.5. The number of hydrogen-bond acceptors (Lipinski definition) is 3. The average molecular weight is 217 g/mol. The average Bonchev–Trinajstić information content (AvgIpc) is 3.06. The van der Waals surface area contributed by atoms with E-state index >= 15 is 0 Å². The molecule has 0 bridgehead atoms. The summed E-state index contributed by atoms with van der Waals surface area (Å²) >= 11 is 0. The summed E-state index contributed by atoms with van der Waals surface area (Å²) in [6.07, 6.45) is 2.66. The Labute approximate surface area is 94.1 Å². The van der Waals surface area contributed by atoms with Crippen molar-refractivity contribution in [3.8, 4) is 5.88 Å². The number of methoxy groups -OCH3 is 1. The molecule has 84 valence electrons. The predicted octanol–water partition coefficient (Wildman–Crippen LogP) is 2.48. The Morgan fingerprint density at radius 3 is 2.88 bits per heavy atom. The van der Waals surface area contributed by atoms with Crippen molar-refractivity contribution in [3.63, 3.8) is 0 Å². The van der Waals surface area contributed by atoms with E-state index in [2.05, 4.69) is 21.9 Å². The third kappa shape index (κ3) is 1.54. The van der Waals surface area contributed by atoms with Gasteiger partial charge in [-0.05, 0) is 24.8 Å². The monoisotopic (exact) mass is 217 g/mol. The van der Waals surface area contributed by atoms with Crippen molar-refractivity contribution >= 4 is 11.2 Å². The molecule has 1 saturated carbocycles. The van der Waals surface area contributed by atoms with Crippen LogP contribution in [0.2, 0.25) is 0 Å². The minimum atomic E-state index is 0.514. The first-order valence-corrected chi connectivity index (χ1v) is 5.68. The van der Waals surface area contributed by atoms with E-state index in [0.29, 0.717) is 11.8 Å². The van der Waals surface area contributed by atoms with Gasteiger partial charge in [0.05, 0.1) is 12.6 Å². The molecule has 0 saturated heterocycles. The van der Waals surface area contributed by atoms with E-state index in [4.69, 9.17) is 4.74 Å². The first-order chi connectivity index (χ1) is 7.78. The highest BCUT2D eigenvalue weighted by Gasteiger charge is 2.30. The van der Waals surface area contributed by atoms with Crippen molar-refractivity contribution in [3.05, 3.63) is 18.0 Å². The predicted molar refractivity (Wildman–Crippen MR) is 61.6 cm³/mol. The van der Waals surface area contributed by atoms with Crippen LogP contribution in [-0.4, -0.2) is 22.1 Å². The molecule has 0 spiro atoms. The fourth-order valence-electron chi connectivity index (χ4n) is 2.04. The van der Waals surface area contributed by atoms with Gasteiger partial charge in [0.2, 0.25) is 5.88 Å². The van der Waals surface area contributed by atoms with Gasteiger partial charge in [0, 0.05) is 12.0 Å². The molecule has 0 aliphatic heterocycles. The number of imidazole rings is 1. The number of nitrogens with zero attached hydrogens (tertiary/aromatic N) is 2. The minimum Gasteiger partial charge on any atom is -0.481 e. The first-order valence-electron chi connectivity index (χ1n) is 5.68. The van der Waals surface area contributed by atoms with Crippen LogP contribution in [-0.2, 0) is 0 Å². The Kier molecular flexibility index (Phi) is 2.09. The lowest BCUT2D eigenvalue weighted by atomic mass is 10.1. The molecule has 1 N–H and O–H groups in total. The van der Waals surface area contributed by atoms with Gasteiger partial charge in [0.1, 0.15) is 5.82 Å². The second-order valence-corrected chi connectivity index (χ2v) is 4.47. The van der Waals surface area contributed by atoms with Crippen LogP contribution < -0.4 is 4.74 Å². The van der Waals surface area contributed by atoms with Gasteiger partial charge in [-0.15, -0.1) is 0 Å². The smallest absolute Gasteiger partial charge is 0.215 e. The van der Waals surface area contributed by atoms with Crippen molar-refractivity contribution in [2.75, 3.05) is 7.11 Å². The minimum absolute atomic E-state index is 0.514. The zero-order valence-electron chi connectivity index (χ0n) is 9.53. The van der Waals surface area contributed by atoms with E-state index in [-0.39, 0.29) is 0 Å². The van der Waals surface area contributed by atoms with E-state index in [1.807, 2.05) is 12.1 Å². The molecule has 1 aliphatic carbocycles. The van der Waals surface area contributed by atoms with Crippen LogP contribution in [0.15, 0.2) is 12.1 Å². The molecule has 1 unspecified atom stereocenters. The Bertz CT molecular complexity index is 516. The molecule has 2 heterocycles. The topological polar surface area (TPSA) is 50.8 Å². The summed E-state index contributed by atoms with van der Waals surface area (Å²) in [6, 6.07) is 3.82. The maximum absolute atomic E-state index is 5.09. The van der Waals surface area contributed by atoms with E-state index < -0.39 is 0 Å². The third-order valence-electron chi connectivity index (χ3n) is 3.31. The van der Waals surface area contributed by atoms with Crippen molar-refractivity contribution in [1.82, 2.24) is 15.0 Å². The third-order valence-corrected chi connectivity index (χ3v) is 3.31. The number of H-pyrrole nitrogens is 1. The Balaban J connectivity index is 2.01. The summed E-state index contributed by atoms with van der Waals surface area (Å²) in [5, 5.41) is 0. The molecule has 3 rings (SSSR count). The van der Waals surface area contributed by atoms with Crippen molar-refractivity contribution < 1.29 is 4.74 Å². The molecule has 1 fully saturated rings. The first kappa shape index (κ1) is 9.63. The Hall–Kier alpha value is -1.58. The number of nitrogens with one attached hydrogen (secondary N) is 1. The lowest BCUT2D eigenvalue weighted by Crippen LogP contribution is -1.97. The molecule has 0 radical (unpaired) electrons. The molecule has 2 aromatic heterocycles. The largest absolute Gasteiger partial charge is 0.481 e. The second-order valence-electron chi connectivity index (χ2n) is 4.47. The fourth-order valence-corrected chi connectivity index (χ4v) is 2.04. The Morgan fingerprint density at radius 1 is 1.38 bits per heavy atom. The lowest BCUT2D eigenvalue weighted by Gasteiger charge is -2.03. The number of aromatic nitrogens is 3. The molecule has 0 aromatic carbocycles. The zero-order valence-corrected chi connectivity index (χ0v) is 9.53. The van der Waals surface area contributed by atoms with Crippen LogP contribution in [0, 0.1) is 5.92 Å². The maximum atomic E-state index is 5.09. The van der Waals surface area contributed by atoms with Crippen LogP contribution >= 0.6 is 0 Å². The van der Waals surface area contributed by atoms with Gasteiger partial charge >= 0.3 is 0 Å². The van der Waals surface area contributed by atoms with Crippen LogP contribution in [0.5, 0.6) is 5.88 Å². The van der Waals surface area contributed by atoms with E-state index in [1.54, 1.807) is 7.11 Å². The summed E-state index contributed by atoms with van der Waals surface area (Å²) in [5.74, 6) is 2.99. The summed E-state index contributed by atoms with van der Waals surface area (Å²) in [6.45, 7) is 2.23. The van der Waals surface area contributed by atoms with Crippen molar-refractivity contribution in [1.29, 1.82) is 0 Å². The van der Waals surface area contributed by atoms with Crippen LogP contribution in [0.3, 0.4) is 0 Å². The summed E-state index contributed by atoms with van der Waals surface area (Å²) in [5.41, 5.74) is 1.74. The van der Waals surface area contributed by atoms with Gasteiger partial charge in [-0.1, -0.05) is 6.92 Å². The van der Waals surface area contributed by atoms with Gasteiger partial charge in [-0.3, -0.25) is 0 Å². The number of pyridine rings is 1. The van der Waals surface area contributed by atoms with Crippen LogP contribution in [0.4, 0.5) is 0 Å². The molecule has 4 heteroatoms. The van der Waals surface area contributed by atoms with E-state index in [1.165, 1.54) is 12.8 Å². The van der Waals surface area contributed by atoms with Gasteiger partial charge < -0.3 is 9.72 Å². The highest BCUT2D eigenvalue weighted by Crippen LogP contribution is 2.41. The number of fused-ring (bicyclic) bond motifs is 1. The van der Waals surface area contributed by atoms with Crippen molar-refractivity contribution in [2.24, 2.45) is 5.92 Å². The molecule has 2 aromatic rings. The quantitative estimate of drug-likeness (QED) is 0.859. The SMILES string of the molecule is COc1ccc2[nH]c(C(C)C3CC3)nc2n1. The molecular weight excluding hydrogens is 202 g/mol. The summed E-state index contributed by atoms with van der Waals surface area (Å²) in [4.78, 5) is 12.2. The van der Waals surface area contributed by atoms with Gasteiger partial charge in [0.15, 0.2) is 5.65 Å².